The number of hydrogen-bond donors (Lipinski definition) is 12. The highest BCUT2D eigenvalue weighted by Crippen LogP contribution is 2.27. The number of carboxylic acid groups (broad SMARTS) is 5. The molecule has 0 aliphatic carbocycles. The van der Waals surface area contributed by atoms with E-state index in [1.54, 1.807) is 0 Å². The molecule has 870 valence electrons. The van der Waals surface area contributed by atoms with Crippen molar-refractivity contribution < 1.29 is 85.3 Å². The average Bonchev–Trinajstić information content (AvgIpc) is 1.12. The first-order valence-corrected chi connectivity index (χ1v) is 64.5. The third-order valence-electron chi connectivity index (χ3n) is 30.2. The first-order valence-electron chi connectivity index (χ1n) is 64.5. The van der Waals surface area contributed by atoms with Gasteiger partial charge < -0.3 is 61.3 Å². The summed E-state index contributed by atoms with van der Waals surface area (Å²) in [6.45, 7) is 6.09. The Morgan fingerprint density at radius 3 is 0.421 bits per heavy atom. The van der Waals surface area contributed by atoms with Gasteiger partial charge in [0.1, 0.15) is 0 Å². The van der Waals surface area contributed by atoms with Crippen molar-refractivity contribution in [3.8, 4) is 0 Å². The number of aliphatic hydroxyl groups is 7. The number of unbranched alkanes of at least 4 members (excludes halogenated alkanes) is 96. The molecular formula is C128H256O17. The lowest BCUT2D eigenvalue weighted by atomic mass is 9.91. The van der Waals surface area contributed by atoms with Gasteiger partial charge in [0.25, 0.3) is 0 Å². The molecule has 4 unspecified atom stereocenters. The van der Waals surface area contributed by atoms with Gasteiger partial charge in [0.15, 0.2) is 12.2 Å². The number of aliphatic hydroxyl groups excluding tert-OH is 7. The zero-order chi connectivity index (χ0) is 107. The van der Waals surface area contributed by atoms with E-state index in [1.807, 2.05) is 6.92 Å². The second-order valence-electron chi connectivity index (χ2n) is 45.0. The lowest BCUT2D eigenvalue weighted by Crippen LogP contribution is -2.18. The van der Waals surface area contributed by atoms with Crippen LogP contribution in [0.1, 0.15) is 733 Å². The minimum atomic E-state index is -1.17. The van der Waals surface area contributed by atoms with Crippen LogP contribution in [0.4, 0.5) is 0 Å². The van der Waals surface area contributed by atoms with Crippen LogP contribution in [0.15, 0.2) is 0 Å². The average molecular weight is 2070 g/mol. The van der Waals surface area contributed by atoms with Crippen molar-refractivity contribution in [1.82, 2.24) is 0 Å². The van der Waals surface area contributed by atoms with E-state index in [0.717, 1.165) is 109 Å². The standard InChI is InChI=1S/C34H68O3.C26H52O3.C23H46O4.C23H46O3.C22H44O4/c35-33-31-29-27-25-23-21-19-17-15-13-11-9-7-5-3-1-2-4-6-8-10-12-14-16-18-20-22-24-26-28-30-32-34(36)37;1-2-20-25(22-17-18-23-26(28)29)21-16-14-12-10-8-6-4-3-5-7-9-11-13-15-19-24-27;24-21-19-17-15-13-11-9-7-5-3-1-2-4-6-8-10-12-14-16-18-20-22(25)23(26)27;1-22(21-23(25)26)19-17-15-13-11-9-7-5-3-2-4-6-8-10-12-14-16-18-20-24;23-20-18-16-14-12-10-8-6-4-2-1-3-5-7-9-11-13-15-17-19-21(24)22(25)26/h35H,1-33H2,(H,36,37);25,27H,2-24H2,1H3,(H,28,29);22,24-25H,1-21H2,(H,26,27);22,24H,2-21H2,1H3,(H,25,26);21,23-24H,1-20H2,(H,25,26). The Morgan fingerprint density at radius 1 is 0.159 bits per heavy atom. The molecule has 0 aliphatic heterocycles. The molecule has 0 saturated carbocycles. The maximum Gasteiger partial charge on any atom is 0.332 e. The normalized spacial score (nSPS) is 12.1. The molecule has 0 aromatic carbocycles. The number of hydrogen-bond acceptors (Lipinski definition) is 12. The second kappa shape index (κ2) is 139. The Labute approximate surface area is 899 Å². The highest BCUT2D eigenvalue weighted by atomic mass is 16.4. The van der Waals surface area contributed by atoms with Gasteiger partial charge in [0, 0.05) is 52.3 Å². The van der Waals surface area contributed by atoms with Crippen LogP contribution in [0.2, 0.25) is 0 Å². The summed E-state index contributed by atoms with van der Waals surface area (Å²) in [7, 11) is 0. The Hall–Kier alpha value is -2.93. The van der Waals surface area contributed by atoms with E-state index < -0.39 is 42.1 Å². The molecule has 0 saturated heterocycles. The monoisotopic (exact) mass is 2070 g/mol. The van der Waals surface area contributed by atoms with Crippen LogP contribution in [0.3, 0.4) is 0 Å². The van der Waals surface area contributed by atoms with Crippen molar-refractivity contribution in [2.24, 2.45) is 11.8 Å². The third kappa shape index (κ3) is 152. The minimum absolute atomic E-state index is 0.324. The molecule has 0 radical (unpaired) electrons. The van der Waals surface area contributed by atoms with Crippen molar-refractivity contribution in [3.63, 3.8) is 0 Å². The fourth-order valence-corrected chi connectivity index (χ4v) is 20.5. The second-order valence-corrected chi connectivity index (χ2v) is 45.0. The Morgan fingerprint density at radius 2 is 0.283 bits per heavy atom. The highest BCUT2D eigenvalue weighted by Gasteiger charge is 2.15. The molecule has 17 nitrogen and oxygen atoms in total. The van der Waals surface area contributed by atoms with Crippen LogP contribution < -0.4 is 0 Å². The van der Waals surface area contributed by atoms with Gasteiger partial charge in [0.2, 0.25) is 0 Å². The molecule has 12 N–H and O–H groups in total. The number of rotatable bonds is 121. The Kier molecular flexibility index (Phi) is 144. The topological polar surface area (TPSA) is 328 Å². The summed E-state index contributed by atoms with van der Waals surface area (Å²) in [4.78, 5) is 52.6. The zero-order valence-electron chi connectivity index (χ0n) is 96.9. The van der Waals surface area contributed by atoms with E-state index in [1.165, 1.54) is 584 Å². The largest absolute Gasteiger partial charge is 0.481 e. The molecule has 0 bridgehead atoms. The molecule has 0 rings (SSSR count). The van der Waals surface area contributed by atoms with Gasteiger partial charge in [-0.25, -0.2) is 9.59 Å². The molecule has 0 aromatic heterocycles. The number of aliphatic carboxylic acids is 5. The first kappa shape index (κ1) is 150. The molecule has 0 spiro atoms. The van der Waals surface area contributed by atoms with Crippen molar-refractivity contribution in [2.75, 3.05) is 33.0 Å². The molecular weight excluding hydrogens is 1810 g/mol. The third-order valence-corrected chi connectivity index (χ3v) is 30.2. The van der Waals surface area contributed by atoms with Gasteiger partial charge in [-0.1, -0.05) is 656 Å². The van der Waals surface area contributed by atoms with Crippen LogP contribution in [-0.4, -0.2) is 136 Å². The summed E-state index contributed by atoms with van der Waals surface area (Å²) in [6.07, 6.45) is 139. The molecule has 4 atom stereocenters. The lowest BCUT2D eigenvalue weighted by molar-refractivity contribution is -0.147. The SMILES string of the molecule is CC(CCCCCCCCCCCCCCCCCCCO)CC(=O)O.CCCC(CCCCCCCCCCCCCCCCCO)CCCCC(=O)O.O=C(O)C(O)CCCCCCCCCCCCCCCCCCCCCO.O=C(O)C(O)CCCCCCCCCCCCCCCCCCCCO.O=C(O)CCCCCCCCCCCCCCCCCCCCCCCCCCCCCCCCCO. The maximum atomic E-state index is 10.6. The van der Waals surface area contributed by atoms with Crippen LogP contribution in [0.25, 0.3) is 0 Å². The van der Waals surface area contributed by atoms with Crippen molar-refractivity contribution in [3.05, 3.63) is 0 Å². The molecule has 17 heteroatoms. The minimum Gasteiger partial charge on any atom is -0.481 e. The fraction of sp³-hybridized carbons (Fsp3) is 0.961. The molecule has 0 fully saturated rings. The van der Waals surface area contributed by atoms with Gasteiger partial charge in [-0.2, -0.15) is 0 Å². The van der Waals surface area contributed by atoms with Gasteiger partial charge >= 0.3 is 29.8 Å². The van der Waals surface area contributed by atoms with Crippen LogP contribution >= 0.6 is 0 Å². The predicted molar refractivity (Wildman–Crippen MR) is 621 cm³/mol. The maximum absolute atomic E-state index is 10.6. The quantitative estimate of drug-likeness (QED) is 0.0252. The summed E-state index contributed by atoms with van der Waals surface area (Å²) in [5.41, 5.74) is 0. The van der Waals surface area contributed by atoms with Crippen LogP contribution in [-0.2, 0) is 24.0 Å². The van der Waals surface area contributed by atoms with E-state index in [-0.39, 0.29) is 0 Å². The lowest BCUT2D eigenvalue weighted by Gasteiger charge is -2.15. The number of carboxylic acids is 5. The van der Waals surface area contributed by atoms with E-state index in [9.17, 15) is 29.1 Å². The predicted octanol–water partition coefficient (Wildman–Crippen LogP) is 39.0. The summed E-state index contributed by atoms with van der Waals surface area (Å²) in [6, 6.07) is 0. The zero-order valence-corrected chi connectivity index (χ0v) is 96.9. The van der Waals surface area contributed by atoms with Crippen LogP contribution in [0.5, 0.6) is 0 Å². The van der Waals surface area contributed by atoms with E-state index in [2.05, 4.69) is 6.92 Å². The van der Waals surface area contributed by atoms with Crippen molar-refractivity contribution >= 4 is 29.8 Å². The summed E-state index contributed by atoms with van der Waals surface area (Å²) in [5, 5.41) is 105. The van der Waals surface area contributed by atoms with E-state index >= 15 is 0 Å². The van der Waals surface area contributed by atoms with E-state index in [4.69, 9.17) is 56.2 Å². The summed E-state index contributed by atoms with van der Waals surface area (Å²) in [5.74, 6) is -3.00. The molecule has 145 heavy (non-hydrogen) atoms. The smallest absolute Gasteiger partial charge is 0.332 e. The highest BCUT2D eigenvalue weighted by molar-refractivity contribution is 5.72. The molecule has 0 heterocycles. The van der Waals surface area contributed by atoms with Gasteiger partial charge in [-0.05, 0) is 69.6 Å². The van der Waals surface area contributed by atoms with Crippen molar-refractivity contribution in [2.45, 2.75) is 745 Å². The molecule has 0 amide bonds. The summed E-state index contributed by atoms with van der Waals surface area (Å²) < 4.78 is 0. The molecule has 0 aliphatic rings. The van der Waals surface area contributed by atoms with E-state index in [0.29, 0.717) is 71.1 Å². The van der Waals surface area contributed by atoms with Gasteiger partial charge in [-0.15, -0.1) is 0 Å². The van der Waals surface area contributed by atoms with Crippen molar-refractivity contribution in [1.29, 1.82) is 0 Å². The Balaban J connectivity index is -0.000000567. The van der Waals surface area contributed by atoms with Crippen LogP contribution in [0, 0.1) is 11.8 Å². The molecule has 0 aromatic rings. The van der Waals surface area contributed by atoms with Gasteiger partial charge in [-0.3, -0.25) is 14.4 Å². The number of carbonyl (C=O) groups is 5. The fourth-order valence-electron chi connectivity index (χ4n) is 20.5. The first-order chi connectivity index (χ1) is 71.0. The summed E-state index contributed by atoms with van der Waals surface area (Å²) >= 11 is 0. The Bertz CT molecular complexity index is 2380. The van der Waals surface area contributed by atoms with Gasteiger partial charge in [0.05, 0.1) is 0 Å².